The number of hydrogen-bond acceptors (Lipinski definition) is 4. The maximum absolute atomic E-state index is 11.4. The molecule has 0 radical (unpaired) electrons. The van der Waals surface area contributed by atoms with Crippen molar-refractivity contribution in [3.8, 4) is 0 Å². The molecule has 90 valence electrons. The van der Waals surface area contributed by atoms with Gasteiger partial charge >= 0.3 is 0 Å². The van der Waals surface area contributed by atoms with Crippen molar-refractivity contribution in [3.05, 3.63) is 12.4 Å². The first kappa shape index (κ1) is 12.6. The van der Waals surface area contributed by atoms with Gasteiger partial charge in [-0.3, -0.25) is 4.79 Å². The van der Waals surface area contributed by atoms with Crippen LogP contribution >= 0.6 is 0 Å². The van der Waals surface area contributed by atoms with Gasteiger partial charge in [-0.15, -0.1) is 5.10 Å². The van der Waals surface area contributed by atoms with Crippen molar-refractivity contribution < 1.29 is 9.90 Å². The average molecular weight is 226 g/mol. The summed E-state index contributed by atoms with van der Waals surface area (Å²) in [5.74, 6) is -0.0485. The van der Waals surface area contributed by atoms with E-state index in [9.17, 15) is 4.79 Å². The zero-order valence-corrected chi connectivity index (χ0v) is 9.30. The summed E-state index contributed by atoms with van der Waals surface area (Å²) in [6, 6.07) is 0. The molecule has 0 fully saturated rings. The van der Waals surface area contributed by atoms with Gasteiger partial charge in [-0.1, -0.05) is 18.1 Å². The van der Waals surface area contributed by atoms with Crippen LogP contribution in [0.1, 0.15) is 25.7 Å². The lowest BCUT2D eigenvalue weighted by Gasteiger charge is -2.04. The number of aliphatic hydroxyl groups excluding tert-OH is 1. The minimum Gasteiger partial charge on any atom is -0.396 e. The highest BCUT2D eigenvalue weighted by Crippen LogP contribution is 1.97. The van der Waals surface area contributed by atoms with Crippen LogP contribution in [0.25, 0.3) is 0 Å². The first-order chi connectivity index (χ1) is 7.83. The Kier molecular flexibility index (Phi) is 6.17. The highest BCUT2D eigenvalue weighted by Gasteiger charge is 2.01. The SMILES string of the molecule is O=C(Cn1ccnn1)NCCCCCCO. The number of carbonyl (C=O) groups excluding carboxylic acids is 1. The summed E-state index contributed by atoms with van der Waals surface area (Å²) in [5.41, 5.74) is 0. The molecule has 0 aliphatic heterocycles. The van der Waals surface area contributed by atoms with Gasteiger partial charge in [-0.05, 0) is 12.8 Å². The maximum atomic E-state index is 11.4. The number of rotatable bonds is 8. The van der Waals surface area contributed by atoms with E-state index in [1.54, 1.807) is 12.4 Å². The van der Waals surface area contributed by atoms with Crippen LogP contribution in [0.2, 0.25) is 0 Å². The number of amides is 1. The van der Waals surface area contributed by atoms with Gasteiger partial charge in [-0.2, -0.15) is 0 Å². The van der Waals surface area contributed by atoms with Crippen LogP contribution in [-0.4, -0.2) is 39.2 Å². The molecule has 0 aliphatic rings. The van der Waals surface area contributed by atoms with Crippen LogP contribution in [-0.2, 0) is 11.3 Å². The smallest absolute Gasteiger partial charge is 0.241 e. The molecule has 0 atom stereocenters. The third kappa shape index (κ3) is 5.45. The Morgan fingerprint density at radius 1 is 1.31 bits per heavy atom. The van der Waals surface area contributed by atoms with Crippen molar-refractivity contribution in [1.82, 2.24) is 20.3 Å². The van der Waals surface area contributed by atoms with Crippen molar-refractivity contribution in [1.29, 1.82) is 0 Å². The average Bonchev–Trinajstić information content (AvgIpc) is 2.76. The summed E-state index contributed by atoms with van der Waals surface area (Å²) in [4.78, 5) is 11.4. The van der Waals surface area contributed by atoms with E-state index >= 15 is 0 Å². The minimum absolute atomic E-state index is 0.0485. The molecule has 1 aromatic heterocycles. The number of unbranched alkanes of at least 4 members (excludes halogenated alkanes) is 3. The Morgan fingerprint density at radius 3 is 2.81 bits per heavy atom. The molecule has 6 heteroatoms. The summed E-state index contributed by atoms with van der Waals surface area (Å²) in [7, 11) is 0. The minimum atomic E-state index is -0.0485. The number of nitrogens with zero attached hydrogens (tertiary/aromatic N) is 3. The summed E-state index contributed by atoms with van der Waals surface area (Å²) >= 11 is 0. The van der Waals surface area contributed by atoms with Crippen molar-refractivity contribution in [2.75, 3.05) is 13.2 Å². The second-order valence-electron chi connectivity index (χ2n) is 3.59. The lowest BCUT2D eigenvalue weighted by molar-refractivity contribution is -0.121. The number of aliphatic hydroxyl groups is 1. The Hall–Kier alpha value is -1.43. The van der Waals surface area contributed by atoms with E-state index in [2.05, 4.69) is 15.6 Å². The molecular weight excluding hydrogens is 208 g/mol. The van der Waals surface area contributed by atoms with Gasteiger partial charge < -0.3 is 10.4 Å². The Labute approximate surface area is 94.7 Å². The van der Waals surface area contributed by atoms with E-state index in [1.165, 1.54) is 4.68 Å². The molecule has 1 aromatic rings. The quantitative estimate of drug-likeness (QED) is 0.609. The molecule has 0 bridgehead atoms. The van der Waals surface area contributed by atoms with Gasteiger partial charge in [0.15, 0.2) is 0 Å². The van der Waals surface area contributed by atoms with E-state index in [1.807, 2.05) is 0 Å². The van der Waals surface area contributed by atoms with Gasteiger partial charge in [0, 0.05) is 19.3 Å². The summed E-state index contributed by atoms with van der Waals surface area (Å²) in [5, 5.41) is 18.7. The monoisotopic (exact) mass is 226 g/mol. The highest BCUT2D eigenvalue weighted by atomic mass is 16.2. The zero-order valence-electron chi connectivity index (χ0n) is 9.30. The molecule has 0 aromatic carbocycles. The standard InChI is InChI=1S/C10H18N4O2/c15-8-4-2-1-3-5-11-10(16)9-14-7-6-12-13-14/h6-7,15H,1-5,8-9H2,(H,11,16). The van der Waals surface area contributed by atoms with Crippen LogP contribution in [0, 0.1) is 0 Å². The number of hydrogen-bond donors (Lipinski definition) is 2. The molecule has 0 saturated heterocycles. The first-order valence-electron chi connectivity index (χ1n) is 5.54. The van der Waals surface area contributed by atoms with Crippen molar-refractivity contribution in [3.63, 3.8) is 0 Å². The third-order valence-corrected chi connectivity index (χ3v) is 2.18. The largest absolute Gasteiger partial charge is 0.396 e. The molecular formula is C10H18N4O2. The van der Waals surface area contributed by atoms with E-state index in [-0.39, 0.29) is 19.1 Å². The molecule has 16 heavy (non-hydrogen) atoms. The lowest BCUT2D eigenvalue weighted by Crippen LogP contribution is -2.28. The zero-order chi connectivity index (χ0) is 11.6. The molecule has 6 nitrogen and oxygen atoms in total. The molecule has 1 amide bonds. The molecule has 1 rings (SSSR count). The van der Waals surface area contributed by atoms with Crippen LogP contribution < -0.4 is 5.32 Å². The van der Waals surface area contributed by atoms with Gasteiger partial charge in [-0.25, -0.2) is 4.68 Å². The van der Waals surface area contributed by atoms with Crippen molar-refractivity contribution in [2.45, 2.75) is 32.2 Å². The molecule has 0 spiro atoms. The van der Waals surface area contributed by atoms with Gasteiger partial charge in [0.25, 0.3) is 0 Å². The third-order valence-electron chi connectivity index (χ3n) is 2.18. The highest BCUT2D eigenvalue weighted by molar-refractivity contribution is 5.75. The maximum Gasteiger partial charge on any atom is 0.241 e. The predicted octanol–water partition coefficient (Wildman–Crippen LogP) is -0.0530. The van der Waals surface area contributed by atoms with E-state index < -0.39 is 0 Å². The topological polar surface area (TPSA) is 80.0 Å². The second-order valence-corrected chi connectivity index (χ2v) is 3.59. The number of aromatic nitrogens is 3. The fourth-order valence-corrected chi connectivity index (χ4v) is 1.34. The molecule has 0 aliphatic carbocycles. The van der Waals surface area contributed by atoms with E-state index in [0.29, 0.717) is 6.54 Å². The molecule has 0 unspecified atom stereocenters. The van der Waals surface area contributed by atoms with Crippen LogP contribution in [0.4, 0.5) is 0 Å². The predicted molar refractivity (Wildman–Crippen MR) is 58.6 cm³/mol. The number of carbonyl (C=O) groups is 1. The first-order valence-corrected chi connectivity index (χ1v) is 5.54. The summed E-state index contributed by atoms with van der Waals surface area (Å²) in [6.07, 6.45) is 7.03. The van der Waals surface area contributed by atoms with E-state index in [0.717, 1.165) is 25.7 Å². The Balaban J connectivity index is 1.98. The van der Waals surface area contributed by atoms with Crippen molar-refractivity contribution in [2.24, 2.45) is 0 Å². The van der Waals surface area contributed by atoms with Crippen LogP contribution in [0.15, 0.2) is 12.4 Å². The van der Waals surface area contributed by atoms with Crippen LogP contribution in [0.3, 0.4) is 0 Å². The fraction of sp³-hybridized carbons (Fsp3) is 0.700. The molecule has 2 N–H and O–H groups in total. The van der Waals surface area contributed by atoms with Gasteiger partial charge in [0.2, 0.25) is 5.91 Å². The Bertz CT molecular complexity index is 287. The molecule has 1 heterocycles. The van der Waals surface area contributed by atoms with Crippen LogP contribution in [0.5, 0.6) is 0 Å². The fourth-order valence-electron chi connectivity index (χ4n) is 1.34. The van der Waals surface area contributed by atoms with E-state index in [4.69, 9.17) is 5.11 Å². The molecule has 0 saturated carbocycles. The number of nitrogens with one attached hydrogen (secondary N) is 1. The second kappa shape index (κ2) is 7.81. The Morgan fingerprint density at radius 2 is 2.12 bits per heavy atom. The normalized spacial score (nSPS) is 10.3. The van der Waals surface area contributed by atoms with Crippen molar-refractivity contribution >= 4 is 5.91 Å². The van der Waals surface area contributed by atoms with Gasteiger partial charge in [0.05, 0.1) is 6.20 Å². The summed E-state index contributed by atoms with van der Waals surface area (Å²) < 4.78 is 1.49. The summed E-state index contributed by atoms with van der Waals surface area (Å²) in [6.45, 7) is 1.15. The van der Waals surface area contributed by atoms with Gasteiger partial charge in [0.1, 0.15) is 6.54 Å². The lowest BCUT2D eigenvalue weighted by atomic mass is 10.2.